The van der Waals surface area contributed by atoms with Crippen LogP contribution in [0.2, 0.25) is 0 Å². The first-order valence-electron chi connectivity index (χ1n) is 7.96. The van der Waals surface area contributed by atoms with Crippen LogP contribution >= 0.6 is 0 Å². The molecule has 7 heteroatoms. The van der Waals surface area contributed by atoms with Crippen molar-refractivity contribution in [3.8, 4) is 17.2 Å². The third kappa shape index (κ3) is 6.31. The second-order valence-electron chi connectivity index (χ2n) is 5.57. The van der Waals surface area contributed by atoms with Gasteiger partial charge in [-0.25, -0.2) is 0 Å². The van der Waals surface area contributed by atoms with Crippen molar-refractivity contribution in [1.29, 1.82) is 0 Å². The quantitative estimate of drug-likeness (QED) is 0.423. The van der Waals surface area contributed by atoms with Crippen LogP contribution in [-0.2, 0) is 16.5 Å². The number of hydrogen-bond donors (Lipinski definition) is 1. The van der Waals surface area contributed by atoms with Gasteiger partial charge in [-0.2, -0.15) is 8.42 Å². The normalized spacial score (nSPS) is 11.0. The molecule has 0 unspecified atom stereocenters. The Kier molecular flexibility index (Phi) is 8.96. The summed E-state index contributed by atoms with van der Waals surface area (Å²) in [6, 6.07) is 10.8. The summed E-state index contributed by atoms with van der Waals surface area (Å²) in [6.07, 6.45) is 4.20. The smallest absolute Gasteiger partial charge is 0.872 e. The first-order chi connectivity index (χ1) is 11.4. The van der Waals surface area contributed by atoms with Crippen molar-refractivity contribution in [2.45, 2.75) is 43.9 Å². The van der Waals surface area contributed by atoms with E-state index in [0.717, 1.165) is 37.8 Å². The van der Waals surface area contributed by atoms with Crippen molar-refractivity contribution < 1.29 is 52.4 Å². The van der Waals surface area contributed by atoms with Gasteiger partial charge in [0.2, 0.25) is 0 Å². The van der Waals surface area contributed by atoms with E-state index in [4.69, 9.17) is 4.74 Å². The number of hydrogen-bond acceptors (Lipinski definition) is 4. The average molecular weight is 372 g/mol. The fraction of sp³-hybridized carbons (Fsp3) is 0.333. The molecular formula is C18H21NaO5S. The summed E-state index contributed by atoms with van der Waals surface area (Å²) in [5.41, 5.74) is 0.282. The van der Waals surface area contributed by atoms with E-state index in [2.05, 4.69) is 6.92 Å². The van der Waals surface area contributed by atoms with E-state index >= 15 is 0 Å². The Hall–Kier alpha value is -1.05. The van der Waals surface area contributed by atoms with Crippen LogP contribution in [0.5, 0.6) is 17.2 Å². The predicted octanol–water partition coefficient (Wildman–Crippen LogP) is 0.926. The van der Waals surface area contributed by atoms with Gasteiger partial charge < -0.3 is 9.84 Å². The summed E-state index contributed by atoms with van der Waals surface area (Å²) < 4.78 is 38.4. The fourth-order valence-electron chi connectivity index (χ4n) is 2.47. The molecule has 0 amide bonds. The van der Waals surface area contributed by atoms with Gasteiger partial charge in [0.1, 0.15) is 10.6 Å². The zero-order valence-corrected chi connectivity index (χ0v) is 17.4. The molecule has 0 heterocycles. The van der Waals surface area contributed by atoms with E-state index < -0.39 is 10.1 Å². The summed E-state index contributed by atoms with van der Waals surface area (Å²) >= 11 is 0. The molecule has 0 bridgehead atoms. The van der Waals surface area contributed by atoms with E-state index in [1.807, 2.05) is 0 Å². The zero-order valence-electron chi connectivity index (χ0n) is 14.6. The molecule has 0 aliphatic heterocycles. The maximum absolute atomic E-state index is 12.2. The number of rotatable bonds is 8. The van der Waals surface area contributed by atoms with E-state index in [1.165, 1.54) is 0 Å². The minimum Gasteiger partial charge on any atom is -0.872 e. The molecule has 0 radical (unpaired) electrons. The van der Waals surface area contributed by atoms with Crippen molar-refractivity contribution in [2.24, 2.45) is 0 Å². The van der Waals surface area contributed by atoms with Crippen molar-refractivity contribution in [3.05, 3.63) is 48.0 Å². The number of benzene rings is 2. The molecule has 2 rings (SSSR count). The standard InChI is InChI=1S/C18H22O5S.Na/c1-2-3-4-8-11-15-16(19)12-13-17(24(20,21)22)18(15)23-14-9-6-5-7-10-14;/h5-7,9-10,12-13,19H,2-4,8,11H2,1H3,(H,20,21,22);/q;+1/p-1. The van der Waals surface area contributed by atoms with Crippen LogP contribution in [0.15, 0.2) is 47.4 Å². The van der Waals surface area contributed by atoms with Crippen molar-refractivity contribution >= 4 is 10.1 Å². The molecule has 25 heavy (non-hydrogen) atoms. The minimum atomic E-state index is -4.49. The molecule has 0 aliphatic carbocycles. The van der Waals surface area contributed by atoms with Crippen LogP contribution in [-0.4, -0.2) is 13.0 Å². The monoisotopic (exact) mass is 372 g/mol. The zero-order chi connectivity index (χ0) is 17.6. The Morgan fingerprint density at radius 2 is 1.72 bits per heavy atom. The van der Waals surface area contributed by atoms with E-state index in [0.29, 0.717) is 12.2 Å². The first-order valence-corrected chi connectivity index (χ1v) is 9.40. The van der Waals surface area contributed by atoms with Crippen LogP contribution in [0, 0.1) is 0 Å². The summed E-state index contributed by atoms with van der Waals surface area (Å²) in [7, 11) is -4.49. The van der Waals surface area contributed by atoms with E-state index in [1.54, 1.807) is 30.3 Å². The SMILES string of the molecule is CCCCCCc1c([O-])ccc(S(=O)(=O)O)c1Oc1ccccc1.[Na+]. The average Bonchev–Trinajstić information content (AvgIpc) is 2.53. The molecule has 1 N–H and O–H groups in total. The second-order valence-corrected chi connectivity index (χ2v) is 6.96. The van der Waals surface area contributed by atoms with Crippen LogP contribution < -0.4 is 39.4 Å². The van der Waals surface area contributed by atoms with Gasteiger partial charge in [0.25, 0.3) is 10.1 Å². The Labute approximate surface area is 171 Å². The van der Waals surface area contributed by atoms with Gasteiger partial charge in [-0.1, -0.05) is 50.5 Å². The Morgan fingerprint density at radius 1 is 1.04 bits per heavy atom. The molecule has 0 saturated heterocycles. The fourth-order valence-corrected chi connectivity index (χ4v) is 3.11. The minimum absolute atomic E-state index is 0. The molecule has 0 saturated carbocycles. The van der Waals surface area contributed by atoms with Crippen molar-refractivity contribution in [3.63, 3.8) is 0 Å². The summed E-state index contributed by atoms with van der Waals surface area (Å²) in [5, 5.41) is 12.2. The number of ether oxygens (including phenoxy) is 1. The molecular weight excluding hydrogens is 351 g/mol. The second kappa shape index (κ2) is 10.2. The maximum atomic E-state index is 12.2. The van der Waals surface area contributed by atoms with Crippen molar-refractivity contribution in [2.75, 3.05) is 0 Å². The van der Waals surface area contributed by atoms with E-state index in [-0.39, 0.29) is 51.5 Å². The van der Waals surface area contributed by atoms with Gasteiger partial charge in [-0.05, 0) is 36.6 Å². The third-order valence-electron chi connectivity index (χ3n) is 3.70. The van der Waals surface area contributed by atoms with Gasteiger partial charge in [0, 0.05) is 0 Å². The van der Waals surface area contributed by atoms with Crippen LogP contribution in [0.4, 0.5) is 0 Å². The molecule has 130 valence electrons. The van der Waals surface area contributed by atoms with Crippen LogP contribution in [0.3, 0.4) is 0 Å². The summed E-state index contributed by atoms with van der Waals surface area (Å²) in [5.74, 6) is 0.0420. The summed E-state index contributed by atoms with van der Waals surface area (Å²) in [6.45, 7) is 2.09. The molecule has 2 aromatic rings. The predicted molar refractivity (Wildman–Crippen MR) is 90.1 cm³/mol. The molecule has 2 aromatic carbocycles. The van der Waals surface area contributed by atoms with Crippen LogP contribution in [0.25, 0.3) is 0 Å². The van der Waals surface area contributed by atoms with Gasteiger partial charge in [-0.3, -0.25) is 4.55 Å². The van der Waals surface area contributed by atoms with Crippen LogP contribution in [0.1, 0.15) is 38.2 Å². The Balaban J connectivity index is 0.00000312. The van der Waals surface area contributed by atoms with Gasteiger partial charge in [0.15, 0.2) is 5.75 Å². The van der Waals surface area contributed by atoms with E-state index in [9.17, 15) is 18.1 Å². The Morgan fingerprint density at radius 3 is 2.32 bits per heavy atom. The van der Waals surface area contributed by atoms with Gasteiger partial charge >= 0.3 is 29.6 Å². The molecule has 5 nitrogen and oxygen atoms in total. The number of unbranched alkanes of at least 4 members (excludes halogenated alkanes) is 3. The molecule has 0 aromatic heterocycles. The maximum Gasteiger partial charge on any atom is 1.00 e. The molecule has 0 spiro atoms. The summed E-state index contributed by atoms with van der Waals surface area (Å²) in [4.78, 5) is -0.378. The van der Waals surface area contributed by atoms with Gasteiger partial charge in [-0.15, -0.1) is 5.75 Å². The molecule has 0 atom stereocenters. The van der Waals surface area contributed by atoms with Gasteiger partial charge in [0.05, 0.1) is 0 Å². The molecule has 0 fully saturated rings. The largest absolute Gasteiger partial charge is 1.00 e. The topological polar surface area (TPSA) is 86.7 Å². The number of para-hydroxylation sites is 1. The van der Waals surface area contributed by atoms with Crippen molar-refractivity contribution in [1.82, 2.24) is 0 Å². The molecule has 0 aliphatic rings. The Bertz CT molecular complexity index is 776. The first kappa shape index (κ1) is 22.0. The third-order valence-corrected chi connectivity index (χ3v) is 4.58.